The Hall–Kier alpha value is -5.17. The van der Waals surface area contributed by atoms with Gasteiger partial charge < -0.3 is 14.9 Å². The number of phenolic OH excluding ortho intramolecular Hbond substituents is 1. The van der Waals surface area contributed by atoms with Gasteiger partial charge in [0.1, 0.15) is 11.5 Å². The molecule has 0 aromatic heterocycles. The molecular weight excluding hydrogens is 717 g/mol. The number of carboxylic acid groups (broad SMARTS) is 1. The number of ether oxygens (including phenoxy) is 1. The number of imide groups is 2. The number of amides is 4. The van der Waals surface area contributed by atoms with Gasteiger partial charge in [0.15, 0.2) is 0 Å². The van der Waals surface area contributed by atoms with Crippen LogP contribution >= 0.6 is 11.6 Å². The fourth-order valence-electron chi connectivity index (χ4n) is 9.06. The van der Waals surface area contributed by atoms with Gasteiger partial charge >= 0.3 is 12.3 Å². The smallest absolute Gasteiger partial charge is 0.508 e. The van der Waals surface area contributed by atoms with Crippen molar-refractivity contribution in [2.75, 3.05) is 11.4 Å². The molecule has 3 fully saturated rings. The quantitative estimate of drug-likeness (QED) is 0.132. The van der Waals surface area contributed by atoms with E-state index in [0.29, 0.717) is 30.4 Å². The molecule has 2 heterocycles. The van der Waals surface area contributed by atoms with Crippen LogP contribution in [0.4, 0.5) is 18.9 Å². The molecule has 0 spiro atoms. The predicted octanol–water partition coefficient (Wildman–Crippen LogP) is 6.75. The molecule has 2 aliphatic carbocycles. The molecule has 0 radical (unpaired) electrons. The third kappa shape index (κ3) is 6.14. The summed E-state index contributed by atoms with van der Waals surface area (Å²) < 4.78 is 44.9. The minimum Gasteiger partial charge on any atom is -0.508 e. The Morgan fingerprint density at radius 1 is 0.906 bits per heavy atom. The van der Waals surface area contributed by atoms with E-state index in [0.717, 1.165) is 23.1 Å². The molecule has 7 rings (SSSR count). The highest BCUT2D eigenvalue weighted by molar-refractivity contribution is 6.32. The number of likely N-dealkylation sites (tertiary alicyclic amines) is 1. The van der Waals surface area contributed by atoms with Gasteiger partial charge in [-0.2, -0.15) is 0 Å². The molecule has 10 nitrogen and oxygen atoms in total. The Kier molecular flexibility index (Phi) is 9.34. The Morgan fingerprint density at radius 3 is 2.36 bits per heavy atom. The third-order valence-electron chi connectivity index (χ3n) is 11.1. The van der Waals surface area contributed by atoms with E-state index in [4.69, 9.17) is 16.7 Å². The fourth-order valence-corrected chi connectivity index (χ4v) is 9.24. The number of halogens is 4. The zero-order valence-corrected chi connectivity index (χ0v) is 28.8. The van der Waals surface area contributed by atoms with E-state index in [1.54, 1.807) is 48.5 Å². The summed E-state index contributed by atoms with van der Waals surface area (Å²) in [5.41, 5.74) is -0.941. The number of carboxylic acids is 1. The van der Waals surface area contributed by atoms with Crippen LogP contribution in [0, 0.1) is 23.7 Å². The molecule has 6 atom stereocenters. The van der Waals surface area contributed by atoms with Crippen molar-refractivity contribution in [3.8, 4) is 11.5 Å². The maximum atomic E-state index is 15.3. The summed E-state index contributed by atoms with van der Waals surface area (Å²) in [7, 11) is 0. The van der Waals surface area contributed by atoms with Crippen LogP contribution in [0.5, 0.6) is 11.5 Å². The van der Waals surface area contributed by atoms with Crippen LogP contribution in [0.2, 0.25) is 5.02 Å². The number of rotatable bonds is 10. The number of nitrogens with zero attached hydrogens (tertiary/aromatic N) is 2. The number of unbranched alkanes of at least 4 members (excludes halogenated alkanes) is 2. The lowest BCUT2D eigenvalue weighted by atomic mass is 9.49. The number of phenols is 1. The maximum Gasteiger partial charge on any atom is 0.573 e. The van der Waals surface area contributed by atoms with Crippen LogP contribution in [0.3, 0.4) is 0 Å². The monoisotopic (exact) mass is 750 g/mol. The molecule has 0 bridgehead atoms. The first-order chi connectivity index (χ1) is 25.2. The van der Waals surface area contributed by atoms with E-state index < -0.39 is 82.5 Å². The van der Waals surface area contributed by atoms with Crippen LogP contribution in [0.15, 0.2) is 84.4 Å². The van der Waals surface area contributed by atoms with Crippen molar-refractivity contribution < 1.29 is 52.1 Å². The van der Waals surface area contributed by atoms with E-state index in [1.807, 2.05) is 0 Å². The van der Waals surface area contributed by atoms with Crippen LogP contribution in [0.1, 0.15) is 55.6 Å². The number of aromatic hydroxyl groups is 1. The number of benzene rings is 3. The number of carbonyl (C=O) groups excluding carboxylic acids is 4. The van der Waals surface area contributed by atoms with E-state index in [-0.39, 0.29) is 42.1 Å². The second-order valence-corrected chi connectivity index (χ2v) is 14.3. The molecule has 2 saturated heterocycles. The highest BCUT2D eigenvalue weighted by Gasteiger charge is 2.70. The molecule has 3 aromatic carbocycles. The molecule has 4 aliphatic rings. The summed E-state index contributed by atoms with van der Waals surface area (Å²) in [5, 5.41) is 20.7. The van der Waals surface area contributed by atoms with Gasteiger partial charge in [-0.15, -0.1) is 13.2 Å². The number of hydrogen-bond donors (Lipinski definition) is 2. The van der Waals surface area contributed by atoms with Crippen molar-refractivity contribution in [1.82, 2.24) is 4.90 Å². The van der Waals surface area contributed by atoms with Crippen molar-refractivity contribution in [2.45, 2.75) is 56.2 Å². The minimum atomic E-state index is -5.09. The lowest BCUT2D eigenvalue weighted by Crippen LogP contribution is -2.53. The van der Waals surface area contributed by atoms with Crippen LogP contribution in [0.25, 0.3) is 0 Å². The average molecular weight is 751 g/mol. The molecular formula is C39H34ClF3N2O8. The maximum absolute atomic E-state index is 15.3. The highest BCUT2D eigenvalue weighted by atomic mass is 35.5. The Labute approximate surface area is 306 Å². The SMILES string of the molecule is O=C(O)CCCCCN1C(=O)C2CC=C3C(CC4C(=O)N(c5cccc(Cl)c5)C(=O)C4(c4ccccc4)C3c3cc(OC(F)(F)F)ccc3O)C2C1=O. The predicted molar refractivity (Wildman–Crippen MR) is 184 cm³/mol. The van der Waals surface area contributed by atoms with Gasteiger partial charge in [0.25, 0.3) is 0 Å². The number of anilines is 1. The Bertz CT molecular complexity index is 2040. The van der Waals surface area contributed by atoms with E-state index in [2.05, 4.69) is 4.74 Å². The summed E-state index contributed by atoms with van der Waals surface area (Å²) in [5.74, 6) is -9.26. The number of aliphatic carboxylic acids is 1. The number of alkyl halides is 3. The fraction of sp³-hybridized carbons (Fsp3) is 0.359. The first-order valence-electron chi connectivity index (χ1n) is 17.3. The van der Waals surface area contributed by atoms with Crippen molar-refractivity contribution in [1.29, 1.82) is 0 Å². The van der Waals surface area contributed by atoms with Crippen molar-refractivity contribution in [2.24, 2.45) is 23.7 Å². The van der Waals surface area contributed by atoms with E-state index in [1.165, 1.54) is 17.0 Å². The third-order valence-corrected chi connectivity index (χ3v) is 11.3. The van der Waals surface area contributed by atoms with Crippen LogP contribution in [-0.2, 0) is 29.4 Å². The zero-order valence-electron chi connectivity index (χ0n) is 28.1. The van der Waals surface area contributed by atoms with Gasteiger partial charge in [0, 0.05) is 29.5 Å². The molecule has 3 aromatic rings. The number of fused-ring (bicyclic) bond motifs is 4. The Morgan fingerprint density at radius 2 is 1.66 bits per heavy atom. The first-order valence-corrected chi connectivity index (χ1v) is 17.7. The summed E-state index contributed by atoms with van der Waals surface area (Å²) >= 11 is 6.31. The average Bonchev–Trinajstić information content (AvgIpc) is 3.49. The van der Waals surface area contributed by atoms with Gasteiger partial charge in [-0.05, 0) is 73.6 Å². The molecule has 53 heavy (non-hydrogen) atoms. The number of carbonyl (C=O) groups is 5. The van der Waals surface area contributed by atoms with Crippen molar-refractivity contribution >= 4 is 46.9 Å². The lowest BCUT2D eigenvalue weighted by molar-refractivity contribution is -0.274. The second kappa shape index (κ2) is 13.7. The molecule has 1 saturated carbocycles. The minimum absolute atomic E-state index is 0.0462. The van der Waals surface area contributed by atoms with Gasteiger partial charge in [0.05, 0.1) is 28.9 Å². The molecule has 4 amide bonds. The number of hydrogen-bond acceptors (Lipinski definition) is 7. The number of allylic oxidation sites excluding steroid dienone is 2. The molecule has 2 N–H and O–H groups in total. The standard InChI is InChI=1S/C39H34ClF3N2O8/c40-22-10-7-11-23(18-22)45-35(50)29-20-27-25(14-15-26-32(27)36(51)44(34(26)49)17-6-2-5-12-31(47)48)33(38(29,37(45)52)21-8-3-1-4-9-21)28-19-24(13-16-30(28)46)53-39(41,42)43/h1,3-4,7-11,13-14,16,18-19,26-27,29,32-33,46H,2,5-6,12,15,17,20H2,(H,47,48). The van der Waals surface area contributed by atoms with Gasteiger partial charge in [-0.3, -0.25) is 28.9 Å². The molecule has 276 valence electrons. The normalized spacial score (nSPS) is 26.6. The van der Waals surface area contributed by atoms with Gasteiger partial charge in [-0.25, -0.2) is 4.90 Å². The summed E-state index contributed by atoms with van der Waals surface area (Å²) in [6.45, 7) is 0.0741. The largest absolute Gasteiger partial charge is 0.573 e. The Balaban J connectivity index is 1.40. The van der Waals surface area contributed by atoms with Crippen LogP contribution < -0.4 is 9.64 Å². The summed E-state index contributed by atoms with van der Waals surface area (Å²) in [6.07, 6.45) is -2.15. The lowest BCUT2D eigenvalue weighted by Gasteiger charge is -2.50. The summed E-state index contributed by atoms with van der Waals surface area (Å²) in [4.78, 5) is 71.2. The zero-order chi connectivity index (χ0) is 37.8. The van der Waals surface area contributed by atoms with Crippen LogP contribution in [-0.4, -0.2) is 57.6 Å². The van der Waals surface area contributed by atoms with E-state index in [9.17, 15) is 37.5 Å². The first kappa shape index (κ1) is 36.2. The van der Waals surface area contributed by atoms with Gasteiger partial charge in [-0.1, -0.05) is 66.1 Å². The molecule has 14 heteroatoms. The summed E-state index contributed by atoms with van der Waals surface area (Å²) in [6, 6.07) is 17.5. The highest BCUT2D eigenvalue weighted by Crippen LogP contribution is 2.65. The molecule has 2 aliphatic heterocycles. The topological polar surface area (TPSA) is 142 Å². The van der Waals surface area contributed by atoms with Crippen molar-refractivity contribution in [3.05, 3.63) is 101 Å². The van der Waals surface area contributed by atoms with E-state index >= 15 is 4.79 Å². The van der Waals surface area contributed by atoms with Gasteiger partial charge in [0.2, 0.25) is 23.6 Å². The molecule has 6 unspecified atom stereocenters. The second-order valence-electron chi connectivity index (χ2n) is 13.9. The van der Waals surface area contributed by atoms with Crippen molar-refractivity contribution in [3.63, 3.8) is 0 Å².